The predicted molar refractivity (Wildman–Crippen MR) is 61.5 cm³/mol. The van der Waals surface area contributed by atoms with Gasteiger partial charge in [0.1, 0.15) is 0 Å². The minimum absolute atomic E-state index is 0.185. The molecule has 3 heteroatoms. The molecule has 0 saturated carbocycles. The number of anilines is 1. The van der Waals surface area contributed by atoms with Gasteiger partial charge in [-0.25, -0.2) is 0 Å². The van der Waals surface area contributed by atoms with Crippen LogP contribution in [0.1, 0.15) is 17.5 Å². The number of rotatable bonds is 4. The third kappa shape index (κ3) is 3.27. The molecule has 0 bridgehead atoms. The van der Waals surface area contributed by atoms with Crippen LogP contribution in [0.5, 0.6) is 0 Å². The van der Waals surface area contributed by atoms with E-state index in [1.807, 2.05) is 38.1 Å². The number of nitrogens with zero attached hydrogens (tertiary/aromatic N) is 1. The molecule has 0 aliphatic heterocycles. The van der Waals surface area contributed by atoms with Crippen LogP contribution in [-0.2, 0) is 11.2 Å². The van der Waals surface area contributed by atoms with Crippen molar-refractivity contribution in [2.45, 2.75) is 19.8 Å². The van der Waals surface area contributed by atoms with E-state index >= 15 is 0 Å². The molecule has 0 heterocycles. The summed E-state index contributed by atoms with van der Waals surface area (Å²) in [6, 6.07) is 6.13. The van der Waals surface area contributed by atoms with E-state index in [9.17, 15) is 4.79 Å². The van der Waals surface area contributed by atoms with E-state index in [0.717, 1.165) is 11.3 Å². The molecule has 1 rings (SSSR count). The van der Waals surface area contributed by atoms with Crippen LogP contribution in [0.4, 0.5) is 5.69 Å². The average molecular weight is 207 g/mol. The van der Waals surface area contributed by atoms with Crippen molar-refractivity contribution in [2.75, 3.05) is 19.0 Å². The Kier molecular flexibility index (Phi) is 3.72. The van der Waals surface area contributed by atoms with E-state index in [1.165, 1.54) is 5.56 Å². The molecule has 0 aliphatic carbocycles. The quantitative estimate of drug-likeness (QED) is 0.821. The molecule has 0 amide bonds. The Morgan fingerprint density at radius 3 is 2.60 bits per heavy atom. The van der Waals surface area contributed by atoms with Crippen LogP contribution in [0.15, 0.2) is 18.2 Å². The van der Waals surface area contributed by atoms with Crippen LogP contribution in [0.25, 0.3) is 0 Å². The van der Waals surface area contributed by atoms with Gasteiger partial charge in [-0.05, 0) is 25.0 Å². The summed E-state index contributed by atoms with van der Waals surface area (Å²) in [5.74, 6) is -0.749. The van der Waals surface area contributed by atoms with Gasteiger partial charge in [-0.2, -0.15) is 0 Å². The second-order valence-electron chi connectivity index (χ2n) is 3.92. The number of aliphatic carboxylic acids is 1. The fraction of sp³-hybridized carbons (Fsp3) is 0.417. The Morgan fingerprint density at radius 1 is 1.40 bits per heavy atom. The van der Waals surface area contributed by atoms with Crippen LogP contribution >= 0.6 is 0 Å². The fourth-order valence-electron chi connectivity index (χ4n) is 1.59. The highest BCUT2D eigenvalue weighted by Crippen LogP contribution is 2.21. The van der Waals surface area contributed by atoms with Crippen LogP contribution in [0, 0.1) is 6.92 Å². The predicted octanol–water partition coefficient (Wildman–Crippen LogP) is 2.08. The third-order valence-corrected chi connectivity index (χ3v) is 2.33. The van der Waals surface area contributed by atoms with Gasteiger partial charge >= 0.3 is 5.97 Å². The normalized spacial score (nSPS) is 10.1. The van der Waals surface area contributed by atoms with Crippen LogP contribution in [0.2, 0.25) is 0 Å². The van der Waals surface area contributed by atoms with Crippen molar-refractivity contribution in [3.8, 4) is 0 Å². The molecule has 1 aromatic carbocycles. The molecule has 0 unspecified atom stereocenters. The van der Waals surface area contributed by atoms with Crippen molar-refractivity contribution in [2.24, 2.45) is 0 Å². The highest BCUT2D eigenvalue weighted by molar-refractivity contribution is 5.68. The van der Waals surface area contributed by atoms with Gasteiger partial charge in [-0.3, -0.25) is 4.79 Å². The van der Waals surface area contributed by atoms with Gasteiger partial charge in [-0.1, -0.05) is 17.7 Å². The maximum Gasteiger partial charge on any atom is 0.303 e. The molecule has 1 aromatic rings. The minimum atomic E-state index is -0.749. The first-order valence-corrected chi connectivity index (χ1v) is 4.99. The highest BCUT2D eigenvalue weighted by Gasteiger charge is 2.06. The maximum atomic E-state index is 10.5. The smallest absolute Gasteiger partial charge is 0.303 e. The zero-order valence-electron chi connectivity index (χ0n) is 9.45. The fourth-order valence-corrected chi connectivity index (χ4v) is 1.59. The number of aryl methyl sites for hydroxylation is 2. The molecule has 0 saturated heterocycles. The van der Waals surface area contributed by atoms with E-state index < -0.39 is 5.97 Å². The summed E-state index contributed by atoms with van der Waals surface area (Å²) >= 11 is 0. The monoisotopic (exact) mass is 207 g/mol. The van der Waals surface area contributed by atoms with Crippen molar-refractivity contribution in [3.05, 3.63) is 29.3 Å². The van der Waals surface area contributed by atoms with Crippen LogP contribution in [0.3, 0.4) is 0 Å². The topological polar surface area (TPSA) is 40.5 Å². The molecular formula is C12H17NO2. The summed E-state index contributed by atoms with van der Waals surface area (Å²) in [5, 5.41) is 8.66. The number of carbonyl (C=O) groups is 1. The van der Waals surface area contributed by atoms with E-state index in [4.69, 9.17) is 5.11 Å². The molecule has 15 heavy (non-hydrogen) atoms. The standard InChI is InChI=1S/C12H17NO2/c1-9-4-6-11(13(2)3)10(8-9)5-7-12(14)15/h4,6,8H,5,7H2,1-3H3,(H,14,15). The number of carboxylic acid groups (broad SMARTS) is 1. The van der Waals surface area contributed by atoms with Crippen molar-refractivity contribution >= 4 is 11.7 Å². The van der Waals surface area contributed by atoms with Crippen molar-refractivity contribution < 1.29 is 9.90 Å². The first kappa shape index (κ1) is 11.6. The van der Waals surface area contributed by atoms with Gasteiger partial charge in [0, 0.05) is 26.2 Å². The zero-order valence-corrected chi connectivity index (χ0v) is 9.45. The Labute approximate surface area is 90.3 Å². The molecule has 0 radical (unpaired) electrons. The molecule has 3 nitrogen and oxygen atoms in total. The average Bonchev–Trinajstić information content (AvgIpc) is 2.14. The molecule has 1 N–H and O–H groups in total. The summed E-state index contributed by atoms with van der Waals surface area (Å²) in [4.78, 5) is 12.5. The van der Waals surface area contributed by atoms with E-state index in [-0.39, 0.29) is 6.42 Å². The summed E-state index contributed by atoms with van der Waals surface area (Å²) in [7, 11) is 3.93. The van der Waals surface area contributed by atoms with Gasteiger partial charge in [-0.15, -0.1) is 0 Å². The lowest BCUT2D eigenvalue weighted by molar-refractivity contribution is -0.136. The van der Waals surface area contributed by atoms with Crippen molar-refractivity contribution in [3.63, 3.8) is 0 Å². The lowest BCUT2D eigenvalue weighted by Crippen LogP contribution is -2.12. The van der Waals surface area contributed by atoms with Gasteiger partial charge in [0.25, 0.3) is 0 Å². The summed E-state index contributed by atoms with van der Waals surface area (Å²) < 4.78 is 0. The van der Waals surface area contributed by atoms with E-state index in [2.05, 4.69) is 6.07 Å². The Hall–Kier alpha value is -1.51. The second kappa shape index (κ2) is 4.82. The van der Waals surface area contributed by atoms with E-state index in [1.54, 1.807) is 0 Å². The maximum absolute atomic E-state index is 10.5. The largest absolute Gasteiger partial charge is 0.481 e. The Bertz CT molecular complexity index is 359. The molecule has 0 spiro atoms. The van der Waals surface area contributed by atoms with Gasteiger partial charge in [0.15, 0.2) is 0 Å². The first-order chi connectivity index (χ1) is 7.00. The number of hydrogen-bond donors (Lipinski definition) is 1. The molecule has 0 fully saturated rings. The van der Waals surface area contributed by atoms with Crippen molar-refractivity contribution in [1.82, 2.24) is 0 Å². The lowest BCUT2D eigenvalue weighted by atomic mass is 10.0. The summed E-state index contributed by atoms with van der Waals surface area (Å²) in [6.07, 6.45) is 0.773. The second-order valence-corrected chi connectivity index (χ2v) is 3.92. The third-order valence-electron chi connectivity index (χ3n) is 2.33. The van der Waals surface area contributed by atoms with Gasteiger partial charge in [0.2, 0.25) is 0 Å². The Morgan fingerprint density at radius 2 is 2.07 bits per heavy atom. The first-order valence-electron chi connectivity index (χ1n) is 4.99. The summed E-state index contributed by atoms with van der Waals surface area (Å²) in [5.41, 5.74) is 3.37. The highest BCUT2D eigenvalue weighted by atomic mass is 16.4. The molecule has 0 atom stereocenters. The summed E-state index contributed by atoms with van der Waals surface area (Å²) in [6.45, 7) is 2.02. The number of hydrogen-bond acceptors (Lipinski definition) is 2. The SMILES string of the molecule is Cc1ccc(N(C)C)c(CCC(=O)O)c1. The number of carboxylic acids is 1. The van der Waals surface area contributed by atoms with Gasteiger partial charge < -0.3 is 10.0 Å². The van der Waals surface area contributed by atoms with Gasteiger partial charge in [0.05, 0.1) is 0 Å². The van der Waals surface area contributed by atoms with Crippen LogP contribution in [-0.4, -0.2) is 25.2 Å². The molecule has 82 valence electrons. The molecule has 0 aliphatic rings. The van der Waals surface area contributed by atoms with E-state index in [0.29, 0.717) is 6.42 Å². The Balaban J connectivity index is 2.91. The van der Waals surface area contributed by atoms with Crippen molar-refractivity contribution in [1.29, 1.82) is 0 Å². The minimum Gasteiger partial charge on any atom is -0.481 e. The van der Waals surface area contributed by atoms with Crippen LogP contribution < -0.4 is 4.90 Å². The molecule has 0 aromatic heterocycles. The number of benzene rings is 1. The molecular weight excluding hydrogens is 190 g/mol. The lowest BCUT2D eigenvalue weighted by Gasteiger charge is -2.17. The zero-order chi connectivity index (χ0) is 11.4.